The van der Waals surface area contributed by atoms with Crippen LogP contribution in [0.3, 0.4) is 0 Å². The van der Waals surface area contributed by atoms with Crippen LogP contribution in [0.15, 0.2) is 77.7 Å². The van der Waals surface area contributed by atoms with Gasteiger partial charge in [0.1, 0.15) is 18.3 Å². The summed E-state index contributed by atoms with van der Waals surface area (Å²) >= 11 is 6.01. The van der Waals surface area contributed by atoms with Crippen molar-refractivity contribution >= 4 is 39.1 Å². The van der Waals surface area contributed by atoms with Crippen LogP contribution in [0.2, 0.25) is 5.02 Å². The van der Waals surface area contributed by atoms with E-state index in [0.717, 1.165) is 28.3 Å². The van der Waals surface area contributed by atoms with E-state index in [9.17, 15) is 18.0 Å². The molecule has 1 atom stereocenters. The Kier molecular flexibility index (Phi) is 11.6. The SMILES string of the molecule is CCCCNC(=O)C(CC)N(Cc1cccc(OC)c1)C(=O)CN(c1ccc(C)cc1)S(=O)(=O)c1ccc(Cl)cc1. The highest BCUT2D eigenvalue weighted by atomic mass is 35.5. The van der Waals surface area contributed by atoms with Crippen molar-refractivity contribution in [3.05, 3.63) is 88.9 Å². The maximum absolute atomic E-state index is 14.1. The summed E-state index contributed by atoms with van der Waals surface area (Å²) in [5, 5.41) is 3.32. The van der Waals surface area contributed by atoms with Gasteiger partial charge in [-0.15, -0.1) is 0 Å². The first kappa shape index (κ1) is 32.0. The second-order valence-corrected chi connectivity index (χ2v) is 12.0. The van der Waals surface area contributed by atoms with Gasteiger partial charge in [0.05, 0.1) is 17.7 Å². The number of amides is 2. The Hall–Kier alpha value is -3.56. The molecule has 8 nitrogen and oxygen atoms in total. The average molecular weight is 600 g/mol. The van der Waals surface area contributed by atoms with Crippen molar-refractivity contribution in [2.45, 2.75) is 57.5 Å². The first-order chi connectivity index (χ1) is 19.6. The van der Waals surface area contributed by atoms with Gasteiger partial charge in [0, 0.05) is 18.1 Å². The van der Waals surface area contributed by atoms with E-state index >= 15 is 0 Å². The number of benzene rings is 3. The minimum Gasteiger partial charge on any atom is -0.497 e. The summed E-state index contributed by atoms with van der Waals surface area (Å²) in [4.78, 5) is 28.8. The first-order valence-electron chi connectivity index (χ1n) is 13.7. The van der Waals surface area contributed by atoms with E-state index in [2.05, 4.69) is 5.32 Å². The van der Waals surface area contributed by atoms with Crippen molar-refractivity contribution in [1.82, 2.24) is 10.2 Å². The van der Waals surface area contributed by atoms with Crippen LogP contribution < -0.4 is 14.4 Å². The molecule has 2 amide bonds. The molecule has 0 aromatic heterocycles. The van der Waals surface area contributed by atoms with Crippen molar-refractivity contribution in [3.63, 3.8) is 0 Å². The van der Waals surface area contributed by atoms with Crippen molar-refractivity contribution < 1.29 is 22.7 Å². The number of anilines is 1. The number of methoxy groups -OCH3 is 1. The van der Waals surface area contributed by atoms with Gasteiger partial charge in [-0.25, -0.2) is 8.42 Å². The number of nitrogens with one attached hydrogen (secondary N) is 1. The van der Waals surface area contributed by atoms with Gasteiger partial charge in [-0.1, -0.05) is 61.7 Å². The van der Waals surface area contributed by atoms with E-state index in [1.165, 1.54) is 29.2 Å². The minimum atomic E-state index is -4.16. The average Bonchev–Trinajstić information content (AvgIpc) is 2.96. The first-order valence-corrected chi connectivity index (χ1v) is 15.5. The Balaban J connectivity index is 2.04. The fourth-order valence-corrected chi connectivity index (χ4v) is 5.91. The lowest BCUT2D eigenvalue weighted by molar-refractivity contribution is -0.140. The molecule has 0 saturated heterocycles. The van der Waals surface area contributed by atoms with Crippen LogP contribution >= 0.6 is 11.6 Å². The van der Waals surface area contributed by atoms with Gasteiger partial charge in [-0.3, -0.25) is 13.9 Å². The summed E-state index contributed by atoms with van der Waals surface area (Å²) in [5.41, 5.74) is 2.03. The van der Waals surface area contributed by atoms with Crippen LogP contribution in [0.25, 0.3) is 0 Å². The van der Waals surface area contributed by atoms with Crippen molar-refractivity contribution in [2.24, 2.45) is 0 Å². The molecule has 0 aliphatic carbocycles. The summed E-state index contributed by atoms with van der Waals surface area (Å²) < 4.78 is 34.2. The molecule has 220 valence electrons. The summed E-state index contributed by atoms with van der Waals surface area (Å²) in [6.07, 6.45) is 2.08. The summed E-state index contributed by atoms with van der Waals surface area (Å²) in [5.74, 6) is -0.176. The number of sulfonamides is 1. The molecular formula is C31H38ClN3O5S. The number of hydrogen-bond donors (Lipinski definition) is 1. The Bertz CT molecular complexity index is 1410. The second kappa shape index (κ2) is 14.9. The van der Waals surface area contributed by atoms with Crippen LogP contribution in [0.5, 0.6) is 5.75 Å². The summed E-state index contributed by atoms with van der Waals surface area (Å²) in [7, 11) is -2.60. The smallest absolute Gasteiger partial charge is 0.264 e. The Morgan fingerprint density at radius 1 is 1.00 bits per heavy atom. The van der Waals surface area contributed by atoms with Crippen LogP contribution in [0.4, 0.5) is 5.69 Å². The number of unbranched alkanes of at least 4 members (excludes halogenated alkanes) is 1. The van der Waals surface area contributed by atoms with Gasteiger partial charge in [-0.2, -0.15) is 0 Å². The van der Waals surface area contributed by atoms with Crippen molar-refractivity contribution in [2.75, 3.05) is 24.5 Å². The van der Waals surface area contributed by atoms with E-state index in [1.54, 1.807) is 43.5 Å². The summed E-state index contributed by atoms with van der Waals surface area (Å²) in [6, 6.07) is 19.1. The van der Waals surface area contributed by atoms with Gasteiger partial charge in [0.25, 0.3) is 10.0 Å². The lowest BCUT2D eigenvalue weighted by atomic mass is 10.1. The fraction of sp³-hybridized carbons (Fsp3) is 0.355. The van der Waals surface area contributed by atoms with E-state index < -0.39 is 28.5 Å². The normalized spacial score (nSPS) is 11.9. The van der Waals surface area contributed by atoms with Gasteiger partial charge in [-0.05, 0) is 73.9 Å². The number of aryl methyl sites for hydroxylation is 1. The summed E-state index contributed by atoms with van der Waals surface area (Å²) in [6.45, 7) is 5.84. The molecule has 0 spiro atoms. The number of rotatable bonds is 14. The Morgan fingerprint density at radius 2 is 1.68 bits per heavy atom. The third kappa shape index (κ3) is 8.47. The highest BCUT2D eigenvalue weighted by Crippen LogP contribution is 2.26. The van der Waals surface area contributed by atoms with Gasteiger partial charge in [0.15, 0.2) is 0 Å². The van der Waals surface area contributed by atoms with E-state index in [1.807, 2.05) is 32.9 Å². The predicted molar refractivity (Wildman–Crippen MR) is 163 cm³/mol. The molecule has 0 bridgehead atoms. The molecule has 0 fully saturated rings. The Morgan fingerprint density at radius 3 is 2.29 bits per heavy atom. The van der Waals surface area contributed by atoms with Crippen LogP contribution in [0.1, 0.15) is 44.2 Å². The number of halogens is 1. The predicted octanol–water partition coefficient (Wildman–Crippen LogP) is 5.58. The maximum atomic E-state index is 14.1. The molecule has 41 heavy (non-hydrogen) atoms. The largest absolute Gasteiger partial charge is 0.497 e. The van der Waals surface area contributed by atoms with E-state index in [4.69, 9.17) is 16.3 Å². The topological polar surface area (TPSA) is 96.0 Å². The second-order valence-electron chi connectivity index (χ2n) is 9.74. The molecule has 1 unspecified atom stereocenters. The molecule has 0 aliphatic heterocycles. The standard InChI is InChI=1S/C31H38ClN3O5S/c1-5-7-19-33-31(37)29(6-2)34(21-24-9-8-10-27(20-24)40-4)30(36)22-35(26-15-11-23(3)12-16-26)41(38,39)28-17-13-25(32)14-18-28/h8-18,20,29H,5-7,19,21-22H2,1-4H3,(H,33,37). The van der Waals surface area contributed by atoms with Gasteiger partial charge in [0.2, 0.25) is 11.8 Å². The highest BCUT2D eigenvalue weighted by Gasteiger charge is 2.33. The lowest BCUT2D eigenvalue weighted by Gasteiger charge is -2.33. The molecule has 1 N–H and O–H groups in total. The molecule has 3 aromatic rings. The quantitative estimate of drug-likeness (QED) is 0.244. The van der Waals surface area contributed by atoms with E-state index in [-0.39, 0.29) is 17.3 Å². The molecule has 3 aromatic carbocycles. The molecule has 0 heterocycles. The highest BCUT2D eigenvalue weighted by molar-refractivity contribution is 7.92. The fourth-order valence-electron chi connectivity index (χ4n) is 4.37. The number of carbonyl (C=O) groups is 2. The molecule has 0 saturated carbocycles. The van der Waals surface area contributed by atoms with Crippen LogP contribution in [-0.4, -0.2) is 51.4 Å². The molecule has 3 rings (SSSR count). The maximum Gasteiger partial charge on any atom is 0.264 e. The zero-order valence-corrected chi connectivity index (χ0v) is 25.5. The number of hydrogen-bond acceptors (Lipinski definition) is 5. The van der Waals surface area contributed by atoms with Crippen molar-refractivity contribution in [3.8, 4) is 5.75 Å². The van der Waals surface area contributed by atoms with Gasteiger partial charge < -0.3 is 15.0 Å². The molecule has 10 heteroatoms. The lowest BCUT2D eigenvalue weighted by Crippen LogP contribution is -2.52. The van der Waals surface area contributed by atoms with Crippen molar-refractivity contribution in [1.29, 1.82) is 0 Å². The number of nitrogens with zero attached hydrogens (tertiary/aromatic N) is 2. The Labute approximate surface area is 248 Å². The number of ether oxygens (including phenoxy) is 1. The third-order valence-electron chi connectivity index (χ3n) is 6.71. The number of carbonyl (C=O) groups excluding carboxylic acids is 2. The molecule has 0 radical (unpaired) electrons. The molecular weight excluding hydrogens is 562 g/mol. The van der Waals surface area contributed by atoms with E-state index in [0.29, 0.717) is 29.4 Å². The monoisotopic (exact) mass is 599 g/mol. The molecule has 0 aliphatic rings. The van der Waals surface area contributed by atoms with Crippen LogP contribution in [-0.2, 0) is 26.2 Å². The third-order valence-corrected chi connectivity index (χ3v) is 8.75. The minimum absolute atomic E-state index is 0.000953. The van der Waals surface area contributed by atoms with Crippen LogP contribution in [0, 0.1) is 6.92 Å². The zero-order chi connectivity index (χ0) is 30.0. The zero-order valence-electron chi connectivity index (χ0n) is 24.0. The van der Waals surface area contributed by atoms with Gasteiger partial charge >= 0.3 is 0 Å².